The maximum Gasteiger partial charge on any atom is 0.407 e. The molecular formula is C24H27FN6O3. The predicted molar refractivity (Wildman–Crippen MR) is 123 cm³/mol. The molecule has 0 unspecified atom stereocenters. The van der Waals surface area contributed by atoms with Gasteiger partial charge in [-0.2, -0.15) is 5.10 Å². The van der Waals surface area contributed by atoms with Gasteiger partial charge in [0.15, 0.2) is 11.5 Å². The van der Waals surface area contributed by atoms with Crippen LogP contribution in [0.1, 0.15) is 48.8 Å². The number of aromatic nitrogens is 4. The van der Waals surface area contributed by atoms with Crippen LogP contribution in [-0.2, 0) is 24.1 Å². The van der Waals surface area contributed by atoms with Gasteiger partial charge in [0.2, 0.25) is 0 Å². The molecule has 0 bridgehead atoms. The Morgan fingerprint density at radius 3 is 2.62 bits per heavy atom. The molecule has 2 amide bonds. The summed E-state index contributed by atoms with van der Waals surface area (Å²) in [5, 5.41) is 7.20. The van der Waals surface area contributed by atoms with Crippen molar-refractivity contribution in [2.75, 3.05) is 6.61 Å². The number of primary amides is 1. The van der Waals surface area contributed by atoms with Crippen LogP contribution in [0.4, 0.5) is 9.18 Å². The maximum absolute atomic E-state index is 13.4. The van der Waals surface area contributed by atoms with E-state index in [1.54, 1.807) is 23.0 Å². The van der Waals surface area contributed by atoms with Crippen molar-refractivity contribution in [2.24, 2.45) is 5.73 Å². The summed E-state index contributed by atoms with van der Waals surface area (Å²) in [6.45, 7) is 6.19. The number of aryl methyl sites for hydroxylation is 2. The number of hydrogen-bond acceptors (Lipinski definition) is 6. The second kappa shape index (κ2) is 9.20. The molecule has 3 aromatic rings. The number of amides is 2. The van der Waals surface area contributed by atoms with E-state index in [4.69, 9.17) is 15.5 Å². The number of ether oxygens (including phenoxy) is 1. The van der Waals surface area contributed by atoms with E-state index in [1.165, 1.54) is 12.1 Å². The molecule has 2 aromatic heterocycles. The van der Waals surface area contributed by atoms with Crippen molar-refractivity contribution in [3.63, 3.8) is 0 Å². The Morgan fingerprint density at radius 2 is 1.94 bits per heavy atom. The molecule has 2 heterocycles. The number of halogens is 1. The minimum absolute atomic E-state index is 0.180. The standard InChI is InChI=1S/C24H27FN6O3/c1-24(2,3)29-23(33)34-12-4-11-31-20-17(19(30-31)21(26)32)10-7-15-13-27-22(28-18(15)20)14-5-8-16(25)9-6-14/h5-6,8-9,13H,4,7,10-12H2,1-3H3,(H2,26,32)(H,29,33). The van der Waals surface area contributed by atoms with E-state index in [0.717, 1.165) is 11.1 Å². The van der Waals surface area contributed by atoms with E-state index in [9.17, 15) is 14.0 Å². The number of benzene rings is 1. The highest BCUT2D eigenvalue weighted by molar-refractivity contribution is 5.94. The van der Waals surface area contributed by atoms with E-state index in [1.807, 2.05) is 20.8 Å². The van der Waals surface area contributed by atoms with Gasteiger partial charge in [-0.15, -0.1) is 0 Å². The predicted octanol–water partition coefficient (Wildman–Crippen LogP) is 3.26. The normalized spacial score (nSPS) is 12.6. The molecule has 0 radical (unpaired) electrons. The van der Waals surface area contributed by atoms with Crippen LogP contribution >= 0.6 is 0 Å². The van der Waals surface area contributed by atoms with E-state index in [0.29, 0.717) is 48.6 Å². The monoisotopic (exact) mass is 466 g/mol. The summed E-state index contributed by atoms with van der Waals surface area (Å²) in [6, 6.07) is 5.95. The van der Waals surface area contributed by atoms with Crippen molar-refractivity contribution in [3.8, 4) is 22.8 Å². The molecule has 1 aliphatic rings. The molecule has 3 N–H and O–H groups in total. The Hall–Kier alpha value is -3.82. The molecule has 4 rings (SSSR count). The molecule has 0 atom stereocenters. The van der Waals surface area contributed by atoms with Crippen LogP contribution in [0.5, 0.6) is 0 Å². The van der Waals surface area contributed by atoms with Crippen LogP contribution < -0.4 is 11.1 Å². The lowest BCUT2D eigenvalue weighted by Gasteiger charge is -2.20. The van der Waals surface area contributed by atoms with Gasteiger partial charge in [-0.3, -0.25) is 9.48 Å². The average molecular weight is 467 g/mol. The van der Waals surface area contributed by atoms with Gasteiger partial charge in [-0.25, -0.2) is 19.2 Å². The van der Waals surface area contributed by atoms with Crippen molar-refractivity contribution in [2.45, 2.75) is 52.1 Å². The van der Waals surface area contributed by atoms with Gasteiger partial charge < -0.3 is 15.8 Å². The first-order chi connectivity index (χ1) is 16.1. The summed E-state index contributed by atoms with van der Waals surface area (Å²) in [5.74, 6) is -0.499. The van der Waals surface area contributed by atoms with E-state index in [2.05, 4.69) is 15.4 Å². The fourth-order valence-corrected chi connectivity index (χ4v) is 3.87. The molecule has 34 heavy (non-hydrogen) atoms. The molecule has 1 aliphatic carbocycles. The van der Waals surface area contributed by atoms with Gasteiger partial charge in [0, 0.05) is 35.8 Å². The molecule has 0 saturated carbocycles. The highest BCUT2D eigenvalue weighted by Gasteiger charge is 2.29. The zero-order valence-electron chi connectivity index (χ0n) is 19.4. The quantitative estimate of drug-likeness (QED) is 0.537. The zero-order chi connectivity index (χ0) is 24.5. The Labute approximate surface area is 196 Å². The Morgan fingerprint density at radius 1 is 1.21 bits per heavy atom. The summed E-state index contributed by atoms with van der Waals surface area (Å²) < 4.78 is 20.3. The molecular weight excluding hydrogens is 439 g/mol. The van der Waals surface area contributed by atoms with E-state index >= 15 is 0 Å². The summed E-state index contributed by atoms with van der Waals surface area (Å²) in [4.78, 5) is 33.2. The number of rotatable bonds is 6. The fraction of sp³-hybridized carbons (Fsp3) is 0.375. The fourth-order valence-electron chi connectivity index (χ4n) is 3.87. The number of nitrogens with two attached hydrogens (primary N) is 1. The van der Waals surface area contributed by atoms with Gasteiger partial charge in [0.05, 0.1) is 18.0 Å². The molecule has 10 heteroatoms. The van der Waals surface area contributed by atoms with Gasteiger partial charge in [0.1, 0.15) is 5.82 Å². The van der Waals surface area contributed by atoms with Gasteiger partial charge in [-0.05, 0) is 63.4 Å². The van der Waals surface area contributed by atoms with Crippen molar-refractivity contribution in [1.82, 2.24) is 25.1 Å². The van der Waals surface area contributed by atoms with Crippen molar-refractivity contribution in [3.05, 3.63) is 53.1 Å². The minimum atomic E-state index is -0.605. The van der Waals surface area contributed by atoms with Crippen LogP contribution in [0.3, 0.4) is 0 Å². The van der Waals surface area contributed by atoms with Crippen molar-refractivity contribution >= 4 is 12.0 Å². The largest absolute Gasteiger partial charge is 0.449 e. The van der Waals surface area contributed by atoms with Crippen molar-refractivity contribution in [1.29, 1.82) is 0 Å². The van der Waals surface area contributed by atoms with Gasteiger partial charge in [0.25, 0.3) is 5.91 Å². The number of fused-ring (bicyclic) bond motifs is 3. The third kappa shape index (κ3) is 5.05. The third-order valence-electron chi connectivity index (χ3n) is 5.34. The molecule has 0 aliphatic heterocycles. The Bertz CT molecular complexity index is 1230. The SMILES string of the molecule is CC(C)(C)NC(=O)OCCCn1nc(C(N)=O)c2c1-c1nc(-c3ccc(F)cc3)ncc1CC2. The molecule has 178 valence electrons. The lowest BCUT2D eigenvalue weighted by Crippen LogP contribution is -2.41. The minimum Gasteiger partial charge on any atom is -0.449 e. The third-order valence-corrected chi connectivity index (χ3v) is 5.34. The topological polar surface area (TPSA) is 125 Å². The van der Waals surface area contributed by atoms with E-state index in [-0.39, 0.29) is 23.7 Å². The van der Waals surface area contributed by atoms with Gasteiger partial charge >= 0.3 is 6.09 Å². The molecule has 0 spiro atoms. The number of hydrogen-bond donors (Lipinski definition) is 2. The second-order valence-corrected chi connectivity index (χ2v) is 9.20. The van der Waals surface area contributed by atoms with Crippen LogP contribution in [0.15, 0.2) is 30.5 Å². The number of alkyl carbamates (subject to hydrolysis) is 1. The van der Waals surface area contributed by atoms with E-state index < -0.39 is 12.0 Å². The number of nitrogens with one attached hydrogen (secondary N) is 1. The number of carbonyl (C=O) groups excluding carboxylic acids is 2. The highest BCUT2D eigenvalue weighted by Crippen LogP contribution is 2.35. The van der Waals surface area contributed by atoms with Crippen molar-refractivity contribution < 1.29 is 18.7 Å². The summed E-state index contributed by atoms with van der Waals surface area (Å²) >= 11 is 0. The average Bonchev–Trinajstić information content (AvgIpc) is 3.15. The lowest BCUT2D eigenvalue weighted by molar-refractivity contribution is 0.0993. The van der Waals surface area contributed by atoms with Crippen LogP contribution in [0.2, 0.25) is 0 Å². The summed E-state index contributed by atoms with van der Waals surface area (Å²) in [7, 11) is 0. The molecule has 9 nitrogen and oxygen atoms in total. The van der Waals surface area contributed by atoms with Crippen LogP contribution in [-0.4, -0.2) is 43.9 Å². The second-order valence-electron chi connectivity index (χ2n) is 9.20. The number of nitrogens with zero attached hydrogens (tertiary/aromatic N) is 4. The first-order valence-electron chi connectivity index (χ1n) is 11.1. The molecule has 0 saturated heterocycles. The highest BCUT2D eigenvalue weighted by atomic mass is 19.1. The zero-order valence-corrected chi connectivity index (χ0v) is 19.4. The summed E-state index contributed by atoms with van der Waals surface area (Å²) in [6.07, 6.45) is 2.98. The molecule has 1 aromatic carbocycles. The Balaban J connectivity index is 1.61. The van der Waals surface area contributed by atoms with Crippen LogP contribution in [0, 0.1) is 5.82 Å². The first-order valence-corrected chi connectivity index (χ1v) is 11.1. The lowest BCUT2D eigenvalue weighted by atomic mass is 9.93. The maximum atomic E-state index is 13.4. The Kier molecular flexibility index (Phi) is 6.32. The molecule has 0 fully saturated rings. The smallest absolute Gasteiger partial charge is 0.407 e. The summed E-state index contributed by atoms with van der Waals surface area (Å²) in [5.41, 5.74) is 9.15. The first kappa shape index (κ1) is 23.3. The number of carbonyl (C=O) groups is 2. The van der Waals surface area contributed by atoms with Crippen LogP contribution in [0.25, 0.3) is 22.8 Å². The van der Waals surface area contributed by atoms with Gasteiger partial charge in [-0.1, -0.05) is 0 Å².